The Morgan fingerprint density at radius 1 is 0.667 bits per heavy atom. The van der Waals surface area contributed by atoms with Gasteiger partial charge in [-0.1, -0.05) is 72.8 Å². The average molecular weight is 312 g/mol. The molecule has 3 aromatic rings. The summed E-state index contributed by atoms with van der Waals surface area (Å²) < 4.78 is 0. The molecular weight excluding hydrogens is 292 g/mol. The Balaban J connectivity index is 1.62. The zero-order valence-electron chi connectivity index (χ0n) is 13.4. The smallest absolute Gasteiger partial charge is 0.0655 e. The minimum absolute atomic E-state index is 0.273. The molecule has 1 aliphatic rings. The maximum Gasteiger partial charge on any atom is 0.0655 e. The summed E-state index contributed by atoms with van der Waals surface area (Å²) in [7, 11) is 0. The predicted octanol–water partition coefficient (Wildman–Crippen LogP) is 4.73. The van der Waals surface area contributed by atoms with Gasteiger partial charge < -0.3 is 5.32 Å². The molecule has 0 bridgehead atoms. The Morgan fingerprint density at radius 2 is 1.33 bits per heavy atom. The van der Waals surface area contributed by atoms with Crippen LogP contribution in [0.5, 0.6) is 0 Å². The topological polar surface area (TPSA) is 24.1 Å². The normalized spacial score (nSPS) is 16.6. The molecule has 0 spiro atoms. The second-order valence-corrected chi connectivity index (χ2v) is 5.99. The van der Waals surface area contributed by atoms with E-state index in [0.717, 1.165) is 6.67 Å². The molecule has 1 atom stereocenters. The van der Waals surface area contributed by atoms with E-state index in [1.165, 1.54) is 27.8 Å². The summed E-state index contributed by atoms with van der Waals surface area (Å²) in [4.78, 5) is 0. The zero-order chi connectivity index (χ0) is 16.2. The highest BCUT2D eigenvalue weighted by Gasteiger charge is 2.10. The fourth-order valence-corrected chi connectivity index (χ4v) is 3.09. The summed E-state index contributed by atoms with van der Waals surface area (Å²) >= 11 is 0. The maximum absolute atomic E-state index is 3.45. The van der Waals surface area contributed by atoms with Gasteiger partial charge in [0.15, 0.2) is 0 Å². The Hall–Kier alpha value is -2.84. The maximum atomic E-state index is 3.45. The van der Waals surface area contributed by atoms with Crippen molar-refractivity contribution in [3.05, 3.63) is 96.7 Å². The Bertz CT molecular complexity index is 835. The third-order valence-corrected chi connectivity index (χ3v) is 4.40. The highest BCUT2D eigenvalue weighted by molar-refractivity contribution is 5.70. The molecule has 1 heterocycles. The summed E-state index contributed by atoms with van der Waals surface area (Å²) in [6, 6.07) is 28.3. The quantitative estimate of drug-likeness (QED) is 0.731. The first-order valence-electron chi connectivity index (χ1n) is 8.29. The van der Waals surface area contributed by atoms with Crippen LogP contribution < -0.4 is 10.6 Å². The van der Waals surface area contributed by atoms with E-state index in [1.54, 1.807) is 0 Å². The molecule has 0 aromatic heterocycles. The Kier molecular flexibility index (Phi) is 4.13. The lowest BCUT2D eigenvalue weighted by Crippen LogP contribution is -2.32. The van der Waals surface area contributed by atoms with Crippen molar-refractivity contribution in [2.45, 2.75) is 6.04 Å². The second-order valence-electron chi connectivity index (χ2n) is 5.99. The first kappa shape index (κ1) is 14.7. The van der Waals surface area contributed by atoms with Crippen LogP contribution in [0.4, 0.5) is 0 Å². The van der Waals surface area contributed by atoms with Crippen LogP contribution in [-0.4, -0.2) is 6.67 Å². The highest BCUT2D eigenvalue weighted by atomic mass is 15.1. The van der Waals surface area contributed by atoms with Gasteiger partial charge in [0.1, 0.15) is 0 Å². The third-order valence-electron chi connectivity index (χ3n) is 4.40. The summed E-state index contributed by atoms with van der Waals surface area (Å²) in [6.07, 6.45) is 4.17. The van der Waals surface area contributed by atoms with Crippen molar-refractivity contribution >= 4 is 0 Å². The number of nitrogens with one attached hydrogen (secondary N) is 2. The largest absolute Gasteiger partial charge is 0.379 e. The van der Waals surface area contributed by atoms with E-state index in [1.807, 2.05) is 12.3 Å². The molecule has 0 radical (unpaired) electrons. The summed E-state index contributed by atoms with van der Waals surface area (Å²) in [5, 5.41) is 6.61. The first-order chi connectivity index (χ1) is 11.9. The van der Waals surface area contributed by atoms with E-state index in [0.29, 0.717) is 0 Å². The van der Waals surface area contributed by atoms with Gasteiger partial charge in [-0.15, -0.1) is 0 Å². The van der Waals surface area contributed by atoms with Gasteiger partial charge in [-0.2, -0.15) is 0 Å². The van der Waals surface area contributed by atoms with Gasteiger partial charge >= 0.3 is 0 Å². The number of benzene rings is 3. The molecule has 0 saturated carbocycles. The molecule has 2 nitrogen and oxygen atoms in total. The molecule has 24 heavy (non-hydrogen) atoms. The average Bonchev–Trinajstić information content (AvgIpc) is 2.70. The van der Waals surface area contributed by atoms with Crippen LogP contribution in [0, 0.1) is 0 Å². The number of hydrogen-bond donors (Lipinski definition) is 2. The highest BCUT2D eigenvalue weighted by Crippen LogP contribution is 2.27. The number of hydrogen-bond acceptors (Lipinski definition) is 2. The van der Waals surface area contributed by atoms with Crippen molar-refractivity contribution in [3.63, 3.8) is 0 Å². The molecule has 0 saturated heterocycles. The molecule has 118 valence electrons. The molecule has 0 aliphatic carbocycles. The van der Waals surface area contributed by atoms with E-state index in [-0.39, 0.29) is 6.04 Å². The summed E-state index contributed by atoms with van der Waals surface area (Å²) in [5.74, 6) is 0. The van der Waals surface area contributed by atoms with E-state index >= 15 is 0 Å². The third kappa shape index (κ3) is 3.10. The minimum atomic E-state index is 0.273. The number of rotatable bonds is 3. The standard InChI is InChI=1S/C22H20N2/c1-2-5-17(6-3-1)18-9-11-19(12-10-18)20-7-4-8-21(15-20)22-13-14-23-16-24-22/h1-15,22-24H,16H2. The van der Waals surface area contributed by atoms with Gasteiger partial charge in [0.25, 0.3) is 0 Å². The zero-order valence-corrected chi connectivity index (χ0v) is 13.4. The van der Waals surface area contributed by atoms with Crippen LogP contribution in [0.2, 0.25) is 0 Å². The summed E-state index contributed by atoms with van der Waals surface area (Å²) in [5.41, 5.74) is 6.29. The Morgan fingerprint density at radius 3 is 2.04 bits per heavy atom. The van der Waals surface area contributed by atoms with Crippen molar-refractivity contribution in [2.75, 3.05) is 6.67 Å². The van der Waals surface area contributed by atoms with E-state index in [9.17, 15) is 0 Å². The van der Waals surface area contributed by atoms with Gasteiger partial charge in [-0.05, 0) is 46.2 Å². The molecule has 2 heteroatoms. The van der Waals surface area contributed by atoms with Crippen LogP contribution in [-0.2, 0) is 0 Å². The second kappa shape index (κ2) is 6.73. The van der Waals surface area contributed by atoms with Gasteiger partial charge in [-0.25, -0.2) is 0 Å². The van der Waals surface area contributed by atoms with Gasteiger partial charge in [0, 0.05) is 0 Å². The lowest BCUT2D eigenvalue weighted by Gasteiger charge is -2.20. The molecule has 1 unspecified atom stereocenters. The SMILES string of the molecule is C1=CC(c2cccc(-c3ccc(-c4ccccc4)cc3)c2)NCN1. The molecule has 4 rings (SSSR count). The molecule has 1 aliphatic heterocycles. The van der Waals surface area contributed by atoms with Gasteiger partial charge in [0.05, 0.1) is 12.7 Å². The van der Waals surface area contributed by atoms with Crippen molar-refractivity contribution in [1.29, 1.82) is 0 Å². The van der Waals surface area contributed by atoms with Crippen LogP contribution in [0.15, 0.2) is 91.1 Å². The predicted molar refractivity (Wildman–Crippen MR) is 100 cm³/mol. The lowest BCUT2D eigenvalue weighted by molar-refractivity contribution is 0.564. The van der Waals surface area contributed by atoms with Crippen LogP contribution in [0.25, 0.3) is 22.3 Å². The van der Waals surface area contributed by atoms with Crippen LogP contribution in [0.3, 0.4) is 0 Å². The monoisotopic (exact) mass is 312 g/mol. The van der Waals surface area contributed by atoms with Crippen molar-refractivity contribution in [3.8, 4) is 22.3 Å². The molecule has 0 fully saturated rings. The Labute approximate surface area is 142 Å². The summed E-state index contributed by atoms with van der Waals surface area (Å²) in [6.45, 7) is 0.803. The fourth-order valence-electron chi connectivity index (χ4n) is 3.09. The van der Waals surface area contributed by atoms with Gasteiger partial charge in [0.2, 0.25) is 0 Å². The van der Waals surface area contributed by atoms with E-state index in [4.69, 9.17) is 0 Å². The molecule has 3 aromatic carbocycles. The lowest BCUT2D eigenvalue weighted by atomic mass is 9.97. The van der Waals surface area contributed by atoms with Gasteiger partial charge in [-0.3, -0.25) is 5.32 Å². The van der Waals surface area contributed by atoms with Crippen molar-refractivity contribution < 1.29 is 0 Å². The van der Waals surface area contributed by atoms with Crippen LogP contribution >= 0.6 is 0 Å². The van der Waals surface area contributed by atoms with Crippen molar-refractivity contribution in [2.24, 2.45) is 0 Å². The fraction of sp³-hybridized carbons (Fsp3) is 0.0909. The minimum Gasteiger partial charge on any atom is -0.379 e. The molecular formula is C22H20N2. The first-order valence-corrected chi connectivity index (χ1v) is 8.29. The molecule has 0 amide bonds. The van der Waals surface area contributed by atoms with Crippen molar-refractivity contribution in [1.82, 2.24) is 10.6 Å². The van der Waals surface area contributed by atoms with E-state index in [2.05, 4.69) is 89.5 Å². The van der Waals surface area contributed by atoms with Crippen LogP contribution in [0.1, 0.15) is 11.6 Å². The molecule has 2 N–H and O–H groups in total. The van der Waals surface area contributed by atoms with E-state index < -0.39 is 0 Å².